The van der Waals surface area contributed by atoms with Crippen LogP contribution in [0.3, 0.4) is 0 Å². The van der Waals surface area contributed by atoms with Gasteiger partial charge in [0.2, 0.25) is 0 Å². The van der Waals surface area contributed by atoms with Crippen molar-refractivity contribution in [2.75, 3.05) is 13.2 Å². The van der Waals surface area contributed by atoms with Crippen LogP contribution in [-0.4, -0.2) is 53.8 Å². The Bertz CT molecular complexity index is 1110. The number of alkyl carbamates (subject to hydrolysis) is 2. The van der Waals surface area contributed by atoms with Gasteiger partial charge in [-0.1, -0.05) is 48.5 Å². The van der Waals surface area contributed by atoms with Crippen molar-refractivity contribution >= 4 is 24.2 Å². The van der Waals surface area contributed by atoms with Crippen LogP contribution < -0.4 is 10.6 Å². The predicted molar refractivity (Wildman–Crippen MR) is 135 cm³/mol. The van der Waals surface area contributed by atoms with Crippen LogP contribution in [0.1, 0.15) is 57.1 Å². The van der Waals surface area contributed by atoms with E-state index in [1.54, 1.807) is 20.8 Å². The Morgan fingerprint density at radius 3 is 2.19 bits per heavy atom. The van der Waals surface area contributed by atoms with Gasteiger partial charge >= 0.3 is 18.4 Å². The Kier molecular flexibility index (Phi) is 8.97. The van der Waals surface area contributed by atoms with E-state index in [-0.39, 0.29) is 18.9 Å². The first-order valence-corrected chi connectivity index (χ1v) is 12.0. The molecule has 2 N–H and O–H groups in total. The molecule has 1 aliphatic rings. The lowest BCUT2D eigenvalue weighted by Crippen LogP contribution is -2.42. The molecule has 3 rings (SSSR count). The van der Waals surface area contributed by atoms with Crippen molar-refractivity contribution in [1.29, 1.82) is 0 Å². The van der Waals surface area contributed by atoms with Gasteiger partial charge in [-0.05, 0) is 62.3 Å². The van der Waals surface area contributed by atoms with E-state index in [1.807, 2.05) is 36.4 Å². The van der Waals surface area contributed by atoms with E-state index in [9.17, 15) is 14.4 Å². The van der Waals surface area contributed by atoms with Crippen LogP contribution in [0.5, 0.6) is 0 Å². The topological polar surface area (TPSA) is 130 Å². The first-order valence-electron chi connectivity index (χ1n) is 12.0. The molecule has 9 heteroatoms. The quantitative estimate of drug-likeness (QED) is 0.219. The molecule has 36 heavy (non-hydrogen) atoms. The van der Waals surface area contributed by atoms with Crippen LogP contribution in [-0.2, 0) is 14.3 Å². The van der Waals surface area contributed by atoms with Gasteiger partial charge in [0.05, 0.1) is 0 Å². The van der Waals surface area contributed by atoms with Crippen LogP contribution in [0.4, 0.5) is 9.59 Å². The molecule has 2 aromatic carbocycles. The summed E-state index contributed by atoms with van der Waals surface area (Å²) in [6.45, 7) is 5.81. The summed E-state index contributed by atoms with van der Waals surface area (Å²) in [4.78, 5) is 39.4. The number of hydrogen-bond donors (Lipinski definition) is 2. The SMILES string of the molecule is CC(C)(C)OC(=O)NCCCC[C@H](NC(=O)OCC1c2ccccc2-c2ccccc21)C(=O)C=[N+]=[N-]. The Labute approximate surface area is 210 Å². The zero-order valence-electron chi connectivity index (χ0n) is 20.8. The van der Waals surface area contributed by atoms with Crippen LogP contribution >= 0.6 is 0 Å². The number of hydrogen-bond acceptors (Lipinski definition) is 5. The first-order chi connectivity index (χ1) is 17.2. The highest BCUT2D eigenvalue weighted by atomic mass is 16.6. The largest absolute Gasteiger partial charge is 0.449 e. The van der Waals surface area contributed by atoms with Gasteiger partial charge in [-0.25, -0.2) is 9.59 Å². The summed E-state index contributed by atoms with van der Waals surface area (Å²) in [7, 11) is 0. The zero-order chi connectivity index (χ0) is 26.1. The molecule has 1 aliphatic carbocycles. The monoisotopic (exact) mass is 492 g/mol. The van der Waals surface area contributed by atoms with E-state index in [1.165, 1.54) is 0 Å². The molecule has 0 aromatic heterocycles. The van der Waals surface area contributed by atoms with E-state index in [0.29, 0.717) is 19.4 Å². The lowest BCUT2D eigenvalue weighted by molar-refractivity contribution is -0.118. The molecule has 0 heterocycles. The first kappa shape index (κ1) is 26.6. The smallest absolute Gasteiger partial charge is 0.407 e. The van der Waals surface area contributed by atoms with E-state index in [4.69, 9.17) is 15.0 Å². The predicted octanol–water partition coefficient (Wildman–Crippen LogP) is 4.46. The summed E-state index contributed by atoms with van der Waals surface area (Å²) in [5, 5.41) is 5.23. The molecule has 1 atom stereocenters. The number of fused-ring (bicyclic) bond motifs is 3. The number of nitrogens with one attached hydrogen (secondary N) is 2. The lowest BCUT2D eigenvalue weighted by Gasteiger charge is -2.20. The number of rotatable bonds is 10. The van der Waals surface area contributed by atoms with E-state index in [2.05, 4.69) is 27.6 Å². The lowest BCUT2D eigenvalue weighted by atomic mass is 9.98. The second-order valence-corrected chi connectivity index (χ2v) is 9.59. The van der Waals surface area contributed by atoms with Crippen LogP contribution in [0.25, 0.3) is 16.7 Å². The summed E-state index contributed by atoms with van der Waals surface area (Å²) in [6.07, 6.45) is 0.881. The van der Waals surface area contributed by atoms with Crippen molar-refractivity contribution in [2.24, 2.45) is 0 Å². The summed E-state index contributed by atoms with van der Waals surface area (Å²) < 4.78 is 10.7. The third-order valence-electron chi connectivity index (χ3n) is 5.75. The van der Waals surface area contributed by atoms with Crippen molar-refractivity contribution in [3.63, 3.8) is 0 Å². The van der Waals surface area contributed by atoms with Crippen LogP contribution in [0.15, 0.2) is 48.5 Å². The van der Waals surface area contributed by atoms with Crippen LogP contribution in [0.2, 0.25) is 0 Å². The molecule has 0 radical (unpaired) electrons. The van der Waals surface area contributed by atoms with Crippen molar-refractivity contribution < 1.29 is 28.6 Å². The molecular formula is C27H32N4O5. The highest BCUT2D eigenvalue weighted by Crippen LogP contribution is 2.44. The normalized spacial score (nSPS) is 13.0. The second-order valence-electron chi connectivity index (χ2n) is 9.59. The number of ketones is 1. The fourth-order valence-corrected chi connectivity index (χ4v) is 4.19. The Hall–Kier alpha value is -3.97. The van der Waals surface area contributed by atoms with Gasteiger partial charge in [-0.15, -0.1) is 0 Å². The molecule has 0 fully saturated rings. The zero-order valence-corrected chi connectivity index (χ0v) is 20.8. The van der Waals surface area contributed by atoms with Gasteiger partial charge in [0.25, 0.3) is 5.78 Å². The van der Waals surface area contributed by atoms with Crippen molar-refractivity contribution in [1.82, 2.24) is 10.6 Å². The highest BCUT2D eigenvalue weighted by molar-refractivity contribution is 6.28. The average Bonchev–Trinajstić information content (AvgIpc) is 3.14. The maximum absolute atomic E-state index is 12.6. The van der Waals surface area contributed by atoms with E-state index in [0.717, 1.165) is 28.5 Å². The number of ether oxygens (including phenoxy) is 2. The number of carbonyl (C=O) groups excluding carboxylic acids is 3. The van der Waals surface area contributed by atoms with Gasteiger partial charge in [0.15, 0.2) is 0 Å². The van der Waals surface area contributed by atoms with Gasteiger partial charge in [0, 0.05) is 12.5 Å². The number of amides is 2. The highest BCUT2D eigenvalue weighted by Gasteiger charge is 2.30. The maximum atomic E-state index is 12.6. The minimum Gasteiger partial charge on any atom is -0.449 e. The molecule has 0 saturated heterocycles. The fourth-order valence-electron chi connectivity index (χ4n) is 4.19. The molecule has 0 unspecified atom stereocenters. The number of benzene rings is 2. The minimum atomic E-state index is -0.918. The fraction of sp³-hybridized carbons (Fsp3) is 0.407. The molecule has 0 spiro atoms. The van der Waals surface area contributed by atoms with Gasteiger partial charge < -0.3 is 25.6 Å². The molecule has 0 bridgehead atoms. The minimum absolute atomic E-state index is 0.102. The number of nitrogens with zero attached hydrogens (tertiary/aromatic N) is 2. The molecule has 9 nitrogen and oxygen atoms in total. The summed E-state index contributed by atoms with van der Waals surface area (Å²) >= 11 is 0. The van der Waals surface area contributed by atoms with Gasteiger partial charge in [-0.2, -0.15) is 4.79 Å². The van der Waals surface area contributed by atoms with Crippen molar-refractivity contribution in [2.45, 2.75) is 57.6 Å². The number of unbranched alkanes of at least 4 members (excludes halogenated alkanes) is 1. The third-order valence-corrected chi connectivity index (χ3v) is 5.75. The second kappa shape index (κ2) is 12.1. The van der Waals surface area contributed by atoms with E-state index >= 15 is 0 Å². The summed E-state index contributed by atoms with van der Waals surface area (Å²) in [6, 6.07) is 15.1. The maximum Gasteiger partial charge on any atom is 0.407 e. The standard InChI is InChI=1S/C27H32N4O5/c1-27(2,3)36-25(33)29-15-9-8-14-23(24(32)16-30-28)31-26(34)35-17-22-20-12-6-4-10-18(20)19-11-5-7-13-21(19)22/h4-7,10-13,16,22-23H,8-9,14-15,17H2,1-3H3,(H,29,33)(H,31,34)/t23-/m0/s1. The number of carbonyl (C=O) groups is 3. The summed E-state index contributed by atoms with van der Waals surface area (Å²) in [5.41, 5.74) is 12.6. The number of Topliss-reactive ketones (excluding diaryl/α,β-unsaturated/α-hetero) is 1. The molecule has 2 amide bonds. The van der Waals surface area contributed by atoms with Crippen LogP contribution in [0, 0.1) is 0 Å². The Morgan fingerprint density at radius 2 is 1.61 bits per heavy atom. The van der Waals surface area contributed by atoms with Gasteiger partial charge in [-0.3, -0.25) is 4.79 Å². The molecule has 0 saturated carbocycles. The summed E-state index contributed by atoms with van der Waals surface area (Å²) in [5.74, 6) is -0.652. The average molecular weight is 493 g/mol. The molecule has 190 valence electrons. The Morgan fingerprint density at radius 1 is 1.00 bits per heavy atom. The molecular weight excluding hydrogens is 460 g/mol. The van der Waals surface area contributed by atoms with E-state index < -0.39 is 29.6 Å². The third kappa shape index (κ3) is 7.26. The van der Waals surface area contributed by atoms with Crippen molar-refractivity contribution in [3.8, 4) is 11.1 Å². The van der Waals surface area contributed by atoms with Crippen molar-refractivity contribution in [3.05, 3.63) is 65.2 Å². The molecule has 0 aliphatic heterocycles. The molecule has 2 aromatic rings. The van der Waals surface area contributed by atoms with Gasteiger partial charge in [0.1, 0.15) is 18.2 Å². The Balaban J connectivity index is 1.52.